The molecule has 1 N–H and O–H groups in total. The number of aromatic nitrogens is 2. The predicted octanol–water partition coefficient (Wildman–Crippen LogP) is 15.2. The highest BCUT2D eigenvalue weighted by atomic mass is 19.1. The number of hydrogen-bond donors (Lipinski definition) is 1. The molecule has 0 unspecified atom stereocenters. The number of benzene rings is 4. The average Bonchev–Trinajstić information content (AvgIpc) is 4.13. The first-order valence-corrected chi connectivity index (χ1v) is 25.1. The van der Waals surface area contributed by atoms with Gasteiger partial charge in [-0.25, -0.2) is 46.4 Å². The highest BCUT2D eigenvalue weighted by Gasteiger charge is 2.35. The second-order valence-electron chi connectivity index (χ2n) is 20.3. The van der Waals surface area contributed by atoms with Crippen molar-refractivity contribution in [2.24, 2.45) is 0 Å². The van der Waals surface area contributed by atoms with Crippen molar-refractivity contribution in [1.82, 2.24) is 18.9 Å². The number of amides is 2. The fourth-order valence-corrected chi connectivity index (χ4v) is 9.02. The largest absolute Gasteiger partial charge is 0.478 e. The van der Waals surface area contributed by atoms with Gasteiger partial charge in [0.2, 0.25) is 11.4 Å². The number of carboxylic acid groups (broad SMARTS) is 1. The SMILES string of the molecule is C.[C-]#[N+]c1c(-c2ccc(Oc3c(F)cccc3F)cc2)cn([C@@H]2CCCN(C(=O)OC(C)(C)C)C2)c1C(=O)O.[C-]#[N+]c1c(-c2ccc(Oc3c(F)cccc3F)cc2)cn([C@@H]2CCCN(C(=O)OC(C)(C)C)C2)c1C(=O)OCC. The number of aromatic carboxylic acids is 1. The van der Waals surface area contributed by atoms with E-state index in [1.54, 1.807) is 104 Å². The number of para-hydroxylation sites is 2. The molecule has 2 aliphatic heterocycles. The molecule has 2 aliphatic rings. The second-order valence-corrected chi connectivity index (χ2v) is 20.3. The predicted molar refractivity (Wildman–Crippen MR) is 287 cm³/mol. The molecule has 4 heterocycles. The lowest BCUT2D eigenvalue weighted by Crippen LogP contribution is -2.43. The Hall–Kier alpha value is -8.78. The van der Waals surface area contributed by atoms with Gasteiger partial charge in [0.1, 0.15) is 34.1 Å². The third-order valence-corrected chi connectivity index (χ3v) is 12.4. The number of carboxylic acids is 1. The minimum absolute atomic E-state index is 0. The summed E-state index contributed by atoms with van der Waals surface area (Å²) in [5.41, 5.74) is 0.689. The first-order valence-electron chi connectivity index (χ1n) is 25.1. The summed E-state index contributed by atoms with van der Waals surface area (Å²) < 4.78 is 86.3. The van der Waals surface area contributed by atoms with E-state index in [1.807, 2.05) is 0 Å². The Morgan fingerprint density at radius 2 is 0.975 bits per heavy atom. The van der Waals surface area contributed by atoms with Crippen LogP contribution in [0, 0.1) is 36.4 Å². The van der Waals surface area contributed by atoms with Crippen LogP contribution in [0.2, 0.25) is 0 Å². The molecule has 0 aliphatic carbocycles. The van der Waals surface area contributed by atoms with Crippen molar-refractivity contribution in [2.45, 2.75) is 105 Å². The lowest BCUT2D eigenvalue weighted by Gasteiger charge is -2.35. The third-order valence-electron chi connectivity index (χ3n) is 12.4. The van der Waals surface area contributed by atoms with Crippen molar-refractivity contribution in [3.05, 3.63) is 155 Å². The zero-order valence-electron chi connectivity index (χ0n) is 44.1. The Morgan fingerprint density at radius 1 is 0.608 bits per heavy atom. The fraction of sp³-hybridized carbons (Fsp3) is 0.356. The topological polar surface area (TPSA) is 160 Å². The van der Waals surface area contributed by atoms with Crippen molar-refractivity contribution >= 4 is 35.5 Å². The maximum absolute atomic E-state index is 14.0. The van der Waals surface area contributed by atoms with Crippen molar-refractivity contribution in [1.29, 1.82) is 0 Å². The molecule has 0 bridgehead atoms. The van der Waals surface area contributed by atoms with Crippen molar-refractivity contribution in [3.8, 4) is 45.3 Å². The average molecular weight is 1090 g/mol. The van der Waals surface area contributed by atoms with E-state index in [2.05, 4.69) is 9.69 Å². The van der Waals surface area contributed by atoms with Gasteiger partial charge in [0, 0.05) is 49.7 Å². The fourth-order valence-electron chi connectivity index (χ4n) is 9.02. The Labute approximate surface area is 456 Å². The molecule has 0 radical (unpaired) electrons. The van der Waals surface area contributed by atoms with E-state index in [0.717, 1.165) is 24.3 Å². The van der Waals surface area contributed by atoms with Gasteiger partial charge in [-0.3, -0.25) is 0 Å². The van der Waals surface area contributed by atoms with Crippen LogP contribution in [-0.2, 0) is 14.2 Å². The van der Waals surface area contributed by atoms with E-state index < -0.39 is 70.1 Å². The van der Waals surface area contributed by atoms with Crippen molar-refractivity contribution in [3.63, 3.8) is 0 Å². The number of nitrogens with zero attached hydrogens (tertiary/aromatic N) is 6. The van der Waals surface area contributed by atoms with Gasteiger partial charge in [0.05, 0.1) is 31.8 Å². The molecule has 79 heavy (non-hydrogen) atoms. The van der Waals surface area contributed by atoms with Crippen molar-refractivity contribution in [2.75, 3.05) is 32.8 Å². The first-order chi connectivity index (χ1) is 37.0. The quantitative estimate of drug-likeness (QED) is 0.0572. The molecule has 4 aromatic carbocycles. The number of hydrogen-bond acceptors (Lipinski definition) is 9. The third kappa shape index (κ3) is 14.2. The van der Waals surface area contributed by atoms with Crippen LogP contribution in [0.5, 0.6) is 23.0 Å². The molecule has 416 valence electrons. The zero-order valence-corrected chi connectivity index (χ0v) is 44.1. The van der Waals surface area contributed by atoms with Gasteiger partial charge in [-0.05, 0) is 134 Å². The molecule has 2 fully saturated rings. The molecule has 2 saturated heterocycles. The number of ether oxygens (including phenoxy) is 5. The van der Waals surface area contributed by atoms with Gasteiger partial charge < -0.3 is 47.7 Å². The molecule has 2 atom stereocenters. The first kappa shape index (κ1) is 59.5. The Bertz CT molecular complexity index is 3240. The number of likely N-dealkylation sites (tertiary alicyclic amines) is 2. The molecule has 2 aromatic heterocycles. The summed E-state index contributed by atoms with van der Waals surface area (Å²) in [6, 6.07) is 18.7. The number of piperidine rings is 2. The number of rotatable bonds is 11. The van der Waals surface area contributed by atoms with Gasteiger partial charge in [0.15, 0.2) is 34.8 Å². The minimum Gasteiger partial charge on any atom is -0.478 e. The van der Waals surface area contributed by atoms with Crippen LogP contribution in [0.1, 0.15) is 115 Å². The van der Waals surface area contributed by atoms with Gasteiger partial charge >= 0.3 is 24.1 Å². The molecule has 8 rings (SSSR count). The normalized spacial score (nSPS) is 15.3. The maximum atomic E-state index is 14.0. The number of halogens is 4. The summed E-state index contributed by atoms with van der Waals surface area (Å²) in [7, 11) is 0. The van der Waals surface area contributed by atoms with E-state index in [4.69, 9.17) is 36.8 Å². The van der Waals surface area contributed by atoms with Crippen LogP contribution >= 0.6 is 0 Å². The molecular weight excluding hydrogens is 1030 g/mol. The van der Waals surface area contributed by atoms with Crippen LogP contribution in [-0.4, -0.2) is 92.2 Å². The van der Waals surface area contributed by atoms with Gasteiger partial charge in [-0.2, -0.15) is 0 Å². The van der Waals surface area contributed by atoms with E-state index in [0.29, 0.717) is 67.6 Å². The molecular formula is C59H62F4N6O10. The van der Waals surface area contributed by atoms with Crippen LogP contribution in [0.3, 0.4) is 0 Å². The molecule has 0 spiro atoms. The van der Waals surface area contributed by atoms with Crippen LogP contribution < -0.4 is 9.47 Å². The lowest BCUT2D eigenvalue weighted by atomic mass is 10.1. The highest BCUT2D eigenvalue weighted by Crippen LogP contribution is 2.42. The zero-order chi connectivity index (χ0) is 56.6. The van der Waals surface area contributed by atoms with Gasteiger partial charge in [-0.15, -0.1) is 0 Å². The van der Waals surface area contributed by atoms with E-state index in [-0.39, 0.29) is 66.9 Å². The van der Waals surface area contributed by atoms with Crippen LogP contribution in [0.25, 0.3) is 31.9 Å². The molecule has 0 saturated carbocycles. The number of carbonyl (C=O) groups is 4. The Kier molecular flexibility index (Phi) is 18.9. The molecule has 6 aromatic rings. The summed E-state index contributed by atoms with van der Waals surface area (Å²) in [6.45, 7) is 29.7. The van der Waals surface area contributed by atoms with Gasteiger partial charge in [0.25, 0.3) is 0 Å². The highest BCUT2D eigenvalue weighted by molar-refractivity contribution is 6.00. The Balaban J connectivity index is 0.000000252. The van der Waals surface area contributed by atoms with E-state index >= 15 is 0 Å². The molecule has 16 nitrogen and oxygen atoms in total. The van der Waals surface area contributed by atoms with Crippen molar-refractivity contribution < 1.29 is 65.5 Å². The summed E-state index contributed by atoms with van der Waals surface area (Å²) in [5.74, 6) is -5.93. The lowest BCUT2D eigenvalue weighted by molar-refractivity contribution is 0.0161. The standard InChI is InChI=1S/C30H31F2N3O5.C28H27F2N3O5.CH4/c1-6-38-28(36)26-25(33-5)22(18-35(26)20-9-8-16-34(17-20)29(37)40-30(2,3)4)19-12-14-21(15-13-19)39-27-23(31)10-7-11-24(27)32;1-28(2,3)38-27(36)32-14-6-7-18(15-32)33-16-20(23(31-4)24(33)26(34)35)17-10-12-19(13-11-17)37-25-21(29)8-5-9-22(25)30;/h7,10-15,18,20H,6,8-9,16-17H2,1-4H3;5,8-13,16,18H,6-7,14-15H2,1-3H3,(H,34,35);1H4/t20-;18-;/m11./s1. The number of esters is 1. The summed E-state index contributed by atoms with van der Waals surface area (Å²) in [4.78, 5) is 61.1. The van der Waals surface area contributed by atoms with Gasteiger partial charge in [-0.1, -0.05) is 43.8 Å². The summed E-state index contributed by atoms with van der Waals surface area (Å²) in [6.07, 6.45) is 5.04. The molecule has 2 amide bonds. The maximum Gasteiger partial charge on any atom is 0.410 e. The van der Waals surface area contributed by atoms with E-state index in [9.17, 15) is 41.8 Å². The summed E-state index contributed by atoms with van der Waals surface area (Å²) >= 11 is 0. The Morgan fingerprint density at radius 3 is 1.32 bits per heavy atom. The van der Waals surface area contributed by atoms with E-state index in [1.165, 1.54) is 36.4 Å². The number of carbonyl (C=O) groups excluding carboxylic acids is 3. The monoisotopic (exact) mass is 1090 g/mol. The van der Waals surface area contributed by atoms with Crippen LogP contribution in [0.15, 0.2) is 97.3 Å². The summed E-state index contributed by atoms with van der Waals surface area (Å²) in [5, 5.41) is 10.00. The minimum atomic E-state index is -1.26. The van der Waals surface area contributed by atoms with Crippen LogP contribution in [0.4, 0.5) is 38.5 Å². The second kappa shape index (κ2) is 25.1. The molecule has 20 heteroatoms. The smallest absolute Gasteiger partial charge is 0.410 e.